The van der Waals surface area contributed by atoms with E-state index in [-0.39, 0.29) is 10.8 Å². The van der Waals surface area contributed by atoms with Gasteiger partial charge in [0.05, 0.1) is 22.2 Å². The second kappa shape index (κ2) is 3.98. The van der Waals surface area contributed by atoms with Crippen LogP contribution in [0.1, 0.15) is 5.56 Å². The summed E-state index contributed by atoms with van der Waals surface area (Å²) in [5, 5.41) is -0.0309. The van der Waals surface area contributed by atoms with Gasteiger partial charge >= 0.3 is 6.18 Å². The van der Waals surface area contributed by atoms with E-state index in [4.69, 9.17) is 16.3 Å². The summed E-state index contributed by atoms with van der Waals surface area (Å²) >= 11 is 8.59. The molecule has 1 rings (SSSR count). The Bertz CT molecular complexity index is 351. The molecule has 0 bridgehead atoms. The van der Waals surface area contributed by atoms with Crippen LogP contribution in [0.5, 0.6) is 5.75 Å². The molecule has 1 nitrogen and oxygen atoms in total. The summed E-state index contributed by atoms with van der Waals surface area (Å²) in [6.45, 7) is 0. The van der Waals surface area contributed by atoms with Crippen LogP contribution in [0.2, 0.25) is 5.02 Å². The monoisotopic (exact) mass is 288 g/mol. The van der Waals surface area contributed by atoms with Crippen LogP contribution < -0.4 is 4.74 Å². The van der Waals surface area contributed by atoms with Crippen LogP contribution in [0.15, 0.2) is 16.6 Å². The van der Waals surface area contributed by atoms with E-state index >= 15 is 0 Å². The zero-order valence-electron chi connectivity index (χ0n) is 6.95. The van der Waals surface area contributed by atoms with E-state index in [1.807, 2.05) is 0 Å². The molecule has 0 fully saturated rings. The van der Waals surface area contributed by atoms with Crippen molar-refractivity contribution < 1.29 is 17.9 Å². The van der Waals surface area contributed by atoms with Gasteiger partial charge in [0.25, 0.3) is 0 Å². The van der Waals surface area contributed by atoms with Crippen molar-refractivity contribution in [3.63, 3.8) is 0 Å². The predicted octanol–water partition coefficient (Wildman–Crippen LogP) is 4.13. The average Bonchev–Trinajstić information content (AvgIpc) is 2.07. The Morgan fingerprint density at radius 3 is 2.36 bits per heavy atom. The maximum Gasteiger partial charge on any atom is 0.416 e. The molecule has 78 valence electrons. The third-order valence-electron chi connectivity index (χ3n) is 1.54. The van der Waals surface area contributed by atoms with Crippen LogP contribution in [0.3, 0.4) is 0 Å². The Hall–Kier alpha value is -0.420. The van der Waals surface area contributed by atoms with Crippen LogP contribution in [-0.4, -0.2) is 7.11 Å². The van der Waals surface area contributed by atoms with Gasteiger partial charge in [0.15, 0.2) is 0 Å². The predicted molar refractivity (Wildman–Crippen MR) is 50.7 cm³/mol. The third kappa shape index (κ3) is 2.33. The molecule has 0 N–H and O–H groups in total. The summed E-state index contributed by atoms with van der Waals surface area (Å²) in [4.78, 5) is 0. The van der Waals surface area contributed by atoms with E-state index in [1.165, 1.54) is 7.11 Å². The number of halogens is 5. The Morgan fingerprint density at radius 2 is 1.93 bits per heavy atom. The second-order valence-electron chi connectivity index (χ2n) is 2.47. The minimum absolute atomic E-state index is 0.0309. The van der Waals surface area contributed by atoms with Crippen molar-refractivity contribution in [1.29, 1.82) is 0 Å². The first-order valence-corrected chi connectivity index (χ1v) is 4.63. The highest BCUT2D eigenvalue weighted by atomic mass is 79.9. The molecule has 14 heavy (non-hydrogen) atoms. The quantitative estimate of drug-likeness (QED) is 0.755. The SMILES string of the molecule is COc1cc(C(F)(F)F)cc(Cl)c1Br. The van der Waals surface area contributed by atoms with Crippen LogP contribution in [0.4, 0.5) is 13.2 Å². The maximum atomic E-state index is 12.3. The minimum Gasteiger partial charge on any atom is -0.496 e. The first kappa shape index (κ1) is 11.7. The zero-order valence-corrected chi connectivity index (χ0v) is 9.29. The zero-order chi connectivity index (χ0) is 10.9. The molecular formula is C8H5BrClF3O. The van der Waals surface area contributed by atoms with Gasteiger partial charge in [0.1, 0.15) is 5.75 Å². The van der Waals surface area contributed by atoms with Crippen LogP contribution in [-0.2, 0) is 6.18 Å². The van der Waals surface area contributed by atoms with Gasteiger partial charge in [-0.2, -0.15) is 13.2 Å². The molecule has 0 aromatic heterocycles. The lowest BCUT2D eigenvalue weighted by Crippen LogP contribution is -2.05. The number of rotatable bonds is 1. The molecule has 0 radical (unpaired) electrons. The summed E-state index contributed by atoms with van der Waals surface area (Å²) < 4.78 is 41.9. The van der Waals surface area contributed by atoms with Gasteiger partial charge in [0, 0.05) is 0 Å². The average molecular weight is 289 g/mol. The van der Waals surface area contributed by atoms with E-state index < -0.39 is 11.7 Å². The van der Waals surface area contributed by atoms with Crippen molar-refractivity contribution in [3.05, 3.63) is 27.2 Å². The Kier molecular flexibility index (Phi) is 3.32. The van der Waals surface area contributed by atoms with Crippen molar-refractivity contribution in [2.45, 2.75) is 6.18 Å². The van der Waals surface area contributed by atoms with E-state index in [0.29, 0.717) is 4.47 Å². The minimum atomic E-state index is -4.42. The van der Waals surface area contributed by atoms with Crippen molar-refractivity contribution in [1.82, 2.24) is 0 Å². The van der Waals surface area contributed by atoms with Crippen molar-refractivity contribution in [2.75, 3.05) is 7.11 Å². The molecule has 0 amide bonds. The van der Waals surface area contributed by atoms with E-state index in [1.54, 1.807) is 0 Å². The molecule has 1 aromatic carbocycles. The molecular weight excluding hydrogens is 284 g/mol. The van der Waals surface area contributed by atoms with Crippen LogP contribution in [0, 0.1) is 0 Å². The topological polar surface area (TPSA) is 9.23 Å². The number of alkyl halides is 3. The number of hydrogen-bond acceptors (Lipinski definition) is 1. The largest absolute Gasteiger partial charge is 0.496 e. The Labute approximate surface area is 91.9 Å². The molecule has 1 aromatic rings. The van der Waals surface area contributed by atoms with Gasteiger partial charge in [-0.05, 0) is 28.1 Å². The van der Waals surface area contributed by atoms with Gasteiger partial charge in [-0.3, -0.25) is 0 Å². The molecule has 0 aliphatic carbocycles. The molecule has 0 aliphatic rings. The van der Waals surface area contributed by atoms with Gasteiger partial charge < -0.3 is 4.74 Å². The molecule has 0 saturated carbocycles. The summed E-state index contributed by atoms with van der Waals surface area (Å²) in [5.41, 5.74) is -0.831. The van der Waals surface area contributed by atoms with Gasteiger partial charge in [-0.15, -0.1) is 0 Å². The van der Waals surface area contributed by atoms with Crippen molar-refractivity contribution in [3.8, 4) is 5.75 Å². The lowest BCUT2D eigenvalue weighted by Gasteiger charge is -2.11. The number of methoxy groups -OCH3 is 1. The van der Waals surface area contributed by atoms with E-state index in [9.17, 15) is 13.2 Å². The summed E-state index contributed by atoms with van der Waals surface area (Å²) in [5.74, 6) is 0.0600. The van der Waals surface area contributed by atoms with Crippen LogP contribution in [0.25, 0.3) is 0 Å². The summed E-state index contributed by atoms with van der Waals surface area (Å²) in [6, 6.07) is 1.73. The van der Waals surface area contributed by atoms with Gasteiger partial charge in [-0.25, -0.2) is 0 Å². The highest BCUT2D eigenvalue weighted by molar-refractivity contribution is 9.10. The van der Waals surface area contributed by atoms with E-state index in [2.05, 4.69) is 15.9 Å². The Balaban J connectivity index is 3.30. The molecule has 0 unspecified atom stereocenters. The number of ether oxygens (including phenoxy) is 1. The fraction of sp³-hybridized carbons (Fsp3) is 0.250. The maximum absolute atomic E-state index is 12.3. The normalized spacial score (nSPS) is 11.6. The summed E-state index contributed by atoms with van der Waals surface area (Å²) in [7, 11) is 1.27. The highest BCUT2D eigenvalue weighted by Gasteiger charge is 2.32. The molecule has 0 atom stereocenters. The lowest BCUT2D eigenvalue weighted by molar-refractivity contribution is -0.137. The second-order valence-corrected chi connectivity index (χ2v) is 3.67. The first-order valence-electron chi connectivity index (χ1n) is 3.46. The first-order chi connectivity index (χ1) is 6.36. The molecule has 0 saturated heterocycles. The highest BCUT2D eigenvalue weighted by Crippen LogP contribution is 2.39. The fourth-order valence-electron chi connectivity index (χ4n) is 0.876. The van der Waals surface area contributed by atoms with E-state index in [0.717, 1.165) is 12.1 Å². The third-order valence-corrected chi connectivity index (χ3v) is 2.89. The van der Waals surface area contributed by atoms with Crippen molar-refractivity contribution in [2.24, 2.45) is 0 Å². The summed E-state index contributed by atoms with van der Waals surface area (Å²) in [6.07, 6.45) is -4.42. The molecule has 6 heteroatoms. The fourth-order valence-corrected chi connectivity index (χ4v) is 1.48. The molecule has 0 aliphatic heterocycles. The van der Waals surface area contributed by atoms with Gasteiger partial charge in [0.2, 0.25) is 0 Å². The molecule has 0 spiro atoms. The Morgan fingerprint density at radius 1 is 1.36 bits per heavy atom. The van der Waals surface area contributed by atoms with Gasteiger partial charge in [-0.1, -0.05) is 11.6 Å². The smallest absolute Gasteiger partial charge is 0.416 e. The number of hydrogen-bond donors (Lipinski definition) is 0. The standard InChI is InChI=1S/C8H5BrClF3O/c1-14-6-3-4(8(11,12)13)2-5(10)7(6)9/h2-3H,1H3. The number of benzene rings is 1. The van der Waals surface area contributed by atoms with Crippen LogP contribution >= 0.6 is 27.5 Å². The van der Waals surface area contributed by atoms with Crippen molar-refractivity contribution >= 4 is 27.5 Å². The molecule has 0 heterocycles. The lowest BCUT2D eigenvalue weighted by atomic mass is 10.2.